The summed E-state index contributed by atoms with van der Waals surface area (Å²) in [5, 5.41) is 0. The standard InChI is InChI=1S/C14H14N2O2/c1-9-3-4-13-12(5-9)15-8-16(13)11-6-10(2)18-14(17)7-11/h3-5,7-8,10H,6H2,1-2H3. The number of imidazole rings is 1. The fraction of sp³-hybridized carbons (Fsp3) is 0.286. The van der Waals surface area contributed by atoms with Crippen molar-refractivity contribution in [1.29, 1.82) is 0 Å². The van der Waals surface area contributed by atoms with Gasteiger partial charge in [0, 0.05) is 18.2 Å². The molecule has 1 aliphatic rings. The zero-order valence-corrected chi connectivity index (χ0v) is 10.4. The number of carbonyl (C=O) groups excluding carboxylic acids is 1. The van der Waals surface area contributed by atoms with Gasteiger partial charge in [-0.15, -0.1) is 0 Å². The van der Waals surface area contributed by atoms with Crippen LogP contribution in [0.3, 0.4) is 0 Å². The molecule has 0 saturated carbocycles. The highest BCUT2D eigenvalue weighted by Crippen LogP contribution is 2.24. The molecule has 1 atom stereocenters. The Morgan fingerprint density at radius 2 is 2.28 bits per heavy atom. The van der Waals surface area contributed by atoms with E-state index in [2.05, 4.69) is 4.98 Å². The first-order valence-electron chi connectivity index (χ1n) is 5.99. The van der Waals surface area contributed by atoms with Gasteiger partial charge in [0.15, 0.2) is 0 Å². The molecule has 4 heteroatoms. The monoisotopic (exact) mass is 242 g/mol. The molecule has 0 fully saturated rings. The minimum atomic E-state index is -0.280. The number of ether oxygens (including phenoxy) is 1. The van der Waals surface area contributed by atoms with Crippen molar-refractivity contribution in [3.8, 4) is 0 Å². The highest BCUT2D eigenvalue weighted by molar-refractivity contribution is 5.91. The minimum Gasteiger partial charge on any atom is -0.459 e. The molecule has 0 aliphatic carbocycles. The van der Waals surface area contributed by atoms with E-state index in [1.54, 1.807) is 12.4 Å². The molecule has 18 heavy (non-hydrogen) atoms. The molecule has 0 N–H and O–H groups in total. The molecule has 1 aromatic heterocycles. The smallest absolute Gasteiger partial charge is 0.332 e. The Morgan fingerprint density at radius 1 is 1.44 bits per heavy atom. The number of hydrogen-bond donors (Lipinski definition) is 0. The van der Waals surface area contributed by atoms with Crippen LogP contribution in [-0.4, -0.2) is 21.6 Å². The summed E-state index contributed by atoms with van der Waals surface area (Å²) in [7, 11) is 0. The van der Waals surface area contributed by atoms with Crippen molar-refractivity contribution in [1.82, 2.24) is 9.55 Å². The summed E-state index contributed by atoms with van der Waals surface area (Å²) in [6.07, 6.45) is 3.94. The van der Waals surface area contributed by atoms with Crippen molar-refractivity contribution in [2.45, 2.75) is 26.4 Å². The molecule has 2 heterocycles. The van der Waals surface area contributed by atoms with Crippen LogP contribution in [0.5, 0.6) is 0 Å². The summed E-state index contributed by atoms with van der Waals surface area (Å²) < 4.78 is 7.06. The minimum absolute atomic E-state index is 0.0830. The van der Waals surface area contributed by atoms with Gasteiger partial charge in [0.25, 0.3) is 0 Å². The Labute approximate surface area is 105 Å². The molecule has 0 radical (unpaired) electrons. The van der Waals surface area contributed by atoms with Crippen molar-refractivity contribution in [2.75, 3.05) is 0 Å². The van der Waals surface area contributed by atoms with Crippen LogP contribution in [-0.2, 0) is 9.53 Å². The van der Waals surface area contributed by atoms with Crippen molar-refractivity contribution in [3.63, 3.8) is 0 Å². The number of esters is 1. The number of fused-ring (bicyclic) bond motifs is 1. The lowest BCUT2D eigenvalue weighted by atomic mass is 10.1. The van der Waals surface area contributed by atoms with Crippen molar-refractivity contribution >= 4 is 22.7 Å². The van der Waals surface area contributed by atoms with Gasteiger partial charge in [0.05, 0.1) is 11.0 Å². The topological polar surface area (TPSA) is 44.1 Å². The second-order valence-corrected chi connectivity index (χ2v) is 4.69. The maximum atomic E-state index is 11.4. The van der Waals surface area contributed by atoms with Crippen molar-refractivity contribution < 1.29 is 9.53 Å². The molecule has 0 bridgehead atoms. The maximum absolute atomic E-state index is 11.4. The van der Waals surface area contributed by atoms with Crippen LogP contribution in [0, 0.1) is 6.92 Å². The van der Waals surface area contributed by atoms with E-state index in [4.69, 9.17) is 4.74 Å². The number of benzene rings is 1. The number of cyclic esters (lactones) is 1. The summed E-state index contributed by atoms with van der Waals surface area (Å²) in [5.41, 5.74) is 4.08. The van der Waals surface area contributed by atoms with Crippen LogP contribution >= 0.6 is 0 Å². The molecule has 4 nitrogen and oxygen atoms in total. The Kier molecular flexibility index (Phi) is 2.44. The van der Waals surface area contributed by atoms with Gasteiger partial charge in [0.1, 0.15) is 12.4 Å². The average Bonchev–Trinajstić information content (AvgIpc) is 2.70. The number of carbonyl (C=O) groups is 1. The van der Waals surface area contributed by atoms with E-state index >= 15 is 0 Å². The van der Waals surface area contributed by atoms with Crippen LogP contribution < -0.4 is 0 Å². The van der Waals surface area contributed by atoms with Crippen LogP contribution in [0.25, 0.3) is 16.7 Å². The Morgan fingerprint density at radius 3 is 3.06 bits per heavy atom. The van der Waals surface area contributed by atoms with Crippen LogP contribution in [0.2, 0.25) is 0 Å². The summed E-state index contributed by atoms with van der Waals surface area (Å²) in [6, 6.07) is 6.12. The Bertz CT molecular complexity index is 655. The SMILES string of the molecule is Cc1ccc2c(c1)ncn2C1=CC(=O)OC(C)C1. The quantitative estimate of drug-likeness (QED) is 0.722. The summed E-state index contributed by atoms with van der Waals surface area (Å²) in [5.74, 6) is -0.280. The van der Waals surface area contributed by atoms with Gasteiger partial charge >= 0.3 is 5.97 Å². The third kappa shape index (κ3) is 1.79. The van der Waals surface area contributed by atoms with E-state index in [1.165, 1.54) is 5.56 Å². The molecule has 92 valence electrons. The van der Waals surface area contributed by atoms with Crippen molar-refractivity contribution in [3.05, 3.63) is 36.2 Å². The number of hydrogen-bond acceptors (Lipinski definition) is 3. The maximum Gasteiger partial charge on any atom is 0.332 e. The lowest BCUT2D eigenvalue weighted by Crippen LogP contribution is -2.20. The molecule has 0 spiro atoms. The molecule has 3 rings (SSSR count). The molecule has 0 amide bonds. The molecule has 0 saturated heterocycles. The lowest BCUT2D eigenvalue weighted by Gasteiger charge is -2.20. The summed E-state index contributed by atoms with van der Waals surface area (Å²) in [4.78, 5) is 15.8. The molecular weight excluding hydrogens is 228 g/mol. The fourth-order valence-corrected chi connectivity index (χ4v) is 2.28. The first-order valence-corrected chi connectivity index (χ1v) is 5.99. The predicted molar refractivity (Wildman–Crippen MR) is 68.9 cm³/mol. The largest absolute Gasteiger partial charge is 0.459 e. The van der Waals surface area contributed by atoms with Gasteiger partial charge in [0.2, 0.25) is 0 Å². The third-order valence-electron chi connectivity index (χ3n) is 3.11. The number of nitrogens with zero attached hydrogens (tertiary/aromatic N) is 2. The molecule has 1 aromatic carbocycles. The van der Waals surface area contributed by atoms with E-state index in [1.807, 2.05) is 36.6 Å². The van der Waals surface area contributed by atoms with Gasteiger partial charge in [-0.2, -0.15) is 0 Å². The average molecular weight is 242 g/mol. The Balaban J connectivity index is 2.12. The van der Waals surface area contributed by atoms with Gasteiger partial charge in [-0.3, -0.25) is 0 Å². The van der Waals surface area contributed by atoms with Gasteiger partial charge < -0.3 is 9.30 Å². The second-order valence-electron chi connectivity index (χ2n) is 4.69. The first-order chi connectivity index (χ1) is 8.63. The van der Waals surface area contributed by atoms with Crippen molar-refractivity contribution in [2.24, 2.45) is 0 Å². The molecule has 1 aliphatic heterocycles. The number of rotatable bonds is 1. The second kappa shape index (κ2) is 3.98. The third-order valence-corrected chi connectivity index (χ3v) is 3.11. The van der Waals surface area contributed by atoms with E-state index < -0.39 is 0 Å². The number of aryl methyl sites for hydroxylation is 1. The summed E-state index contributed by atoms with van der Waals surface area (Å²) >= 11 is 0. The highest BCUT2D eigenvalue weighted by atomic mass is 16.5. The van der Waals surface area contributed by atoms with Gasteiger partial charge in [-0.1, -0.05) is 6.07 Å². The van der Waals surface area contributed by atoms with Gasteiger partial charge in [-0.05, 0) is 31.5 Å². The molecular formula is C14H14N2O2. The predicted octanol–water partition coefficient (Wildman–Crippen LogP) is 2.52. The van der Waals surface area contributed by atoms with Crippen LogP contribution in [0.1, 0.15) is 18.9 Å². The summed E-state index contributed by atoms with van der Waals surface area (Å²) in [6.45, 7) is 3.94. The van der Waals surface area contributed by atoms with E-state index in [0.29, 0.717) is 6.42 Å². The first kappa shape index (κ1) is 11.0. The molecule has 2 aromatic rings. The highest BCUT2D eigenvalue weighted by Gasteiger charge is 2.19. The zero-order chi connectivity index (χ0) is 12.7. The van der Waals surface area contributed by atoms with Gasteiger partial charge in [-0.25, -0.2) is 9.78 Å². The van der Waals surface area contributed by atoms with Crippen LogP contribution in [0.4, 0.5) is 0 Å². The number of aromatic nitrogens is 2. The normalized spacial score (nSPS) is 19.8. The fourth-order valence-electron chi connectivity index (χ4n) is 2.28. The van der Waals surface area contributed by atoms with E-state index in [-0.39, 0.29) is 12.1 Å². The zero-order valence-electron chi connectivity index (χ0n) is 10.4. The van der Waals surface area contributed by atoms with E-state index in [0.717, 1.165) is 16.7 Å². The molecule has 1 unspecified atom stereocenters. The van der Waals surface area contributed by atoms with Crippen LogP contribution in [0.15, 0.2) is 30.6 Å². The Hall–Kier alpha value is -2.10. The lowest BCUT2D eigenvalue weighted by molar-refractivity contribution is -0.142. The van der Waals surface area contributed by atoms with E-state index in [9.17, 15) is 4.79 Å².